The third kappa shape index (κ3) is 5.96. The number of amides is 1. The maximum absolute atomic E-state index is 13.3. The monoisotopic (exact) mass is 537 g/mol. The lowest BCUT2D eigenvalue weighted by molar-refractivity contribution is -0.396. The molecule has 2 aromatic rings. The number of hydrogen-bond donors (Lipinski definition) is 1. The zero-order valence-electron chi connectivity index (χ0n) is 17.6. The van der Waals surface area contributed by atoms with E-state index in [1.807, 2.05) is 0 Å². The lowest BCUT2D eigenvalue weighted by atomic mass is 9.98. The maximum Gasteiger partial charge on any atom is 0.434 e. The Labute approximate surface area is 206 Å². The predicted molar refractivity (Wildman–Crippen MR) is 124 cm³/mol. The minimum Gasteiger partial charge on any atom is -0.390 e. The second-order valence-corrected chi connectivity index (χ2v) is 10.7. The summed E-state index contributed by atoms with van der Waals surface area (Å²) in [4.78, 5) is 28.7. The zero-order chi connectivity index (χ0) is 24.3. The topological polar surface area (TPSA) is 127 Å². The van der Waals surface area contributed by atoms with Crippen LogP contribution in [0, 0.1) is 16.0 Å². The number of hydrogen-bond acceptors (Lipinski definition) is 6. The van der Waals surface area contributed by atoms with Crippen molar-refractivity contribution in [2.45, 2.75) is 43.7 Å². The number of likely N-dealkylation sites (tertiary alicyclic amines) is 1. The van der Waals surface area contributed by atoms with Gasteiger partial charge in [0.05, 0.1) is 21.6 Å². The molecule has 3 rings (SSSR count). The van der Waals surface area contributed by atoms with E-state index in [1.54, 1.807) is 4.90 Å². The van der Waals surface area contributed by atoms with Gasteiger partial charge in [-0.3, -0.25) is 4.79 Å². The third-order valence-electron chi connectivity index (χ3n) is 5.50. The Morgan fingerprint density at radius 3 is 2.58 bits per heavy atom. The summed E-state index contributed by atoms with van der Waals surface area (Å²) in [6.45, 7) is 3.08. The Morgan fingerprint density at radius 2 is 1.94 bits per heavy atom. The van der Waals surface area contributed by atoms with Crippen LogP contribution in [-0.4, -0.2) is 52.8 Å². The molecule has 180 valence electrons. The van der Waals surface area contributed by atoms with E-state index in [9.17, 15) is 23.3 Å². The molecule has 0 spiro atoms. The minimum absolute atomic E-state index is 0.00537. The first-order valence-corrected chi connectivity index (χ1v) is 12.7. The second-order valence-electron chi connectivity index (χ2n) is 7.82. The summed E-state index contributed by atoms with van der Waals surface area (Å²) < 4.78 is 29.9. The van der Waals surface area contributed by atoms with Crippen LogP contribution in [0.5, 0.6) is 0 Å². The number of nitro groups is 1. The van der Waals surface area contributed by atoms with Crippen LogP contribution in [0.15, 0.2) is 29.4 Å². The number of carbonyl (C=O) groups is 1. The Bertz CT molecular complexity index is 1150. The van der Waals surface area contributed by atoms with Gasteiger partial charge in [0.15, 0.2) is 0 Å². The number of carbonyl (C=O) groups excluding carboxylic acids is 1. The van der Waals surface area contributed by atoms with Crippen molar-refractivity contribution in [3.63, 3.8) is 0 Å². The molecular formula is C19H22Cl3N5O5S. The Balaban J connectivity index is 1.87. The van der Waals surface area contributed by atoms with Crippen molar-refractivity contribution in [1.29, 1.82) is 0 Å². The minimum atomic E-state index is -4.27. The largest absolute Gasteiger partial charge is 0.434 e. The molecule has 0 radical (unpaired) electrons. The van der Waals surface area contributed by atoms with E-state index in [2.05, 4.69) is 16.6 Å². The van der Waals surface area contributed by atoms with Gasteiger partial charge < -0.3 is 15.0 Å². The SMILES string of the molecule is CC1CCN(C(=O)C(CCn2ccnc2[N+](=O)[O-])NS(=O)(=O)c2ccc(Cl)c(Cl)c2Cl)CC1. The van der Waals surface area contributed by atoms with Crippen molar-refractivity contribution in [3.8, 4) is 0 Å². The Morgan fingerprint density at radius 1 is 1.27 bits per heavy atom. The number of rotatable bonds is 8. The summed E-state index contributed by atoms with van der Waals surface area (Å²) >= 11 is 18.0. The smallest absolute Gasteiger partial charge is 0.390 e. The Hall–Kier alpha value is -1.92. The highest BCUT2D eigenvalue weighted by Gasteiger charge is 2.33. The van der Waals surface area contributed by atoms with Crippen LogP contribution in [-0.2, 0) is 21.4 Å². The van der Waals surface area contributed by atoms with Gasteiger partial charge in [-0.25, -0.2) is 13.0 Å². The molecule has 0 aliphatic carbocycles. The third-order valence-corrected chi connectivity index (χ3v) is 8.42. The molecule has 1 aliphatic rings. The van der Waals surface area contributed by atoms with E-state index in [0.29, 0.717) is 19.0 Å². The van der Waals surface area contributed by atoms with Crippen molar-refractivity contribution in [1.82, 2.24) is 19.2 Å². The highest BCUT2D eigenvalue weighted by Crippen LogP contribution is 2.35. The molecule has 1 fully saturated rings. The van der Waals surface area contributed by atoms with Crippen molar-refractivity contribution in [2.75, 3.05) is 13.1 Å². The number of piperidine rings is 1. The van der Waals surface area contributed by atoms with Crippen LogP contribution >= 0.6 is 34.8 Å². The fourth-order valence-electron chi connectivity index (χ4n) is 3.56. The fraction of sp³-hybridized carbons (Fsp3) is 0.474. The lowest BCUT2D eigenvalue weighted by Gasteiger charge is -2.33. The van der Waals surface area contributed by atoms with Crippen molar-refractivity contribution in [2.24, 2.45) is 5.92 Å². The van der Waals surface area contributed by atoms with E-state index in [4.69, 9.17) is 34.8 Å². The van der Waals surface area contributed by atoms with Gasteiger partial charge in [-0.1, -0.05) is 46.7 Å². The normalized spacial score (nSPS) is 16.1. The van der Waals surface area contributed by atoms with Crippen LogP contribution in [0.3, 0.4) is 0 Å². The average molecular weight is 539 g/mol. The summed E-state index contributed by atoms with van der Waals surface area (Å²) in [5, 5.41) is 10.8. The maximum atomic E-state index is 13.3. The summed E-state index contributed by atoms with van der Waals surface area (Å²) in [7, 11) is -4.27. The number of nitrogens with zero attached hydrogens (tertiary/aromatic N) is 4. The number of aryl methyl sites for hydroxylation is 1. The molecule has 33 heavy (non-hydrogen) atoms. The molecule has 1 unspecified atom stereocenters. The van der Waals surface area contributed by atoms with Crippen molar-refractivity contribution in [3.05, 3.63) is 49.7 Å². The van der Waals surface area contributed by atoms with E-state index < -0.39 is 32.8 Å². The molecule has 0 bridgehead atoms. The molecule has 1 aliphatic heterocycles. The quantitative estimate of drug-likeness (QED) is 0.310. The number of sulfonamides is 1. The van der Waals surface area contributed by atoms with Gasteiger partial charge in [0.25, 0.3) is 0 Å². The number of nitrogens with one attached hydrogen (secondary N) is 1. The summed E-state index contributed by atoms with van der Waals surface area (Å²) in [5.74, 6) is -0.347. The van der Waals surface area contributed by atoms with Crippen LogP contribution in [0.2, 0.25) is 15.1 Å². The van der Waals surface area contributed by atoms with Gasteiger partial charge in [-0.05, 0) is 35.8 Å². The highest BCUT2D eigenvalue weighted by molar-refractivity contribution is 7.89. The molecule has 1 N–H and O–H groups in total. The lowest BCUT2D eigenvalue weighted by Crippen LogP contribution is -2.51. The zero-order valence-corrected chi connectivity index (χ0v) is 20.7. The molecule has 1 saturated heterocycles. The first-order valence-electron chi connectivity index (χ1n) is 10.1. The summed E-state index contributed by atoms with van der Waals surface area (Å²) in [5.41, 5.74) is 0. The standard InChI is InChI=1S/C19H22Cl3N5O5S/c1-12-4-8-25(9-5-12)18(28)14(6-10-26-11-7-23-19(26)27(29)30)24-33(31,32)15-3-2-13(20)16(21)17(15)22/h2-3,7,11-12,14,24H,4-6,8-10H2,1H3. The molecule has 1 aromatic carbocycles. The average Bonchev–Trinajstić information content (AvgIpc) is 3.24. The summed E-state index contributed by atoms with van der Waals surface area (Å²) in [6.07, 6.45) is 4.22. The second kappa shape index (κ2) is 10.6. The van der Waals surface area contributed by atoms with Crippen LogP contribution in [0.1, 0.15) is 26.2 Å². The molecule has 0 saturated carbocycles. The van der Waals surface area contributed by atoms with Gasteiger partial charge in [-0.2, -0.15) is 4.72 Å². The number of aromatic nitrogens is 2. The highest BCUT2D eigenvalue weighted by atomic mass is 35.5. The first kappa shape index (κ1) is 25.7. The fourth-order valence-corrected chi connectivity index (χ4v) is 5.77. The molecule has 1 atom stereocenters. The predicted octanol–water partition coefficient (Wildman–Crippen LogP) is 3.75. The molecule has 2 heterocycles. The van der Waals surface area contributed by atoms with Crippen LogP contribution in [0.4, 0.5) is 5.95 Å². The van der Waals surface area contributed by atoms with Gasteiger partial charge >= 0.3 is 5.95 Å². The van der Waals surface area contributed by atoms with Gasteiger partial charge in [0.1, 0.15) is 23.3 Å². The molecule has 1 amide bonds. The van der Waals surface area contributed by atoms with E-state index in [0.717, 1.165) is 12.8 Å². The van der Waals surface area contributed by atoms with Crippen LogP contribution in [0.25, 0.3) is 0 Å². The number of imidazole rings is 1. The number of halogens is 3. The van der Waals surface area contributed by atoms with Gasteiger partial charge in [-0.15, -0.1) is 0 Å². The molecule has 14 heteroatoms. The van der Waals surface area contributed by atoms with Crippen molar-refractivity contribution >= 4 is 56.7 Å². The van der Waals surface area contributed by atoms with E-state index in [1.165, 1.54) is 29.1 Å². The number of benzene rings is 1. The van der Waals surface area contributed by atoms with Gasteiger partial charge in [0.2, 0.25) is 15.9 Å². The molecule has 1 aromatic heterocycles. The Kier molecular flexibility index (Phi) is 8.22. The van der Waals surface area contributed by atoms with E-state index >= 15 is 0 Å². The molecule has 10 nitrogen and oxygen atoms in total. The first-order chi connectivity index (χ1) is 15.5. The van der Waals surface area contributed by atoms with Gasteiger partial charge in [0, 0.05) is 19.5 Å². The van der Waals surface area contributed by atoms with E-state index in [-0.39, 0.29) is 32.9 Å². The van der Waals surface area contributed by atoms with Crippen molar-refractivity contribution < 1.29 is 18.1 Å². The summed E-state index contributed by atoms with van der Waals surface area (Å²) in [6, 6.07) is 1.31. The molecular weight excluding hydrogens is 517 g/mol. The van der Waals surface area contributed by atoms with Crippen LogP contribution < -0.4 is 4.72 Å².